The Morgan fingerprint density at radius 3 is 2.94 bits per heavy atom. The van der Waals surface area contributed by atoms with Gasteiger partial charge in [-0.2, -0.15) is 0 Å². The number of thiazole rings is 1. The first-order valence-corrected chi connectivity index (χ1v) is 5.61. The lowest BCUT2D eigenvalue weighted by Crippen LogP contribution is -2.37. The number of nitrogens with two attached hydrogens (primary N) is 1. The summed E-state index contributed by atoms with van der Waals surface area (Å²) < 4.78 is 2.50. The third kappa shape index (κ3) is 2.27. The molecular formula is C9H11N5O2S. The molecular weight excluding hydrogens is 242 g/mol. The lowest BCUT2D eigenvalue weighted by molar-refractivity contribution is 0.644. The second kappa shape index (κ2) is 4.52. The molecule has 0 aliphatic heterocycles. The third-order valence-electron chi connectivity index (χ3n) is 2.23. The van der Waals surface area contributed by atoms with Crippen LogP contribution in [0.4, 0.5) is 5.13 Å². The molecule has 0 spiro atoms. The minimum Gasteiger partial charge on any atom is -0.303 e. The summed E-state index contributed by atoms with van der Waals surface area (Å²) in [5, 5.41) is 0.542. The second-order valence-electron chi connectivity index (χ2n) is 3.41. The van der Waals surface area contributed by atoms with Gasteiger partial charge in [0.25, 0.3) is 5.56 Å². The Morgan fingerprint density at radius 1 is 1.53 bits per heavy atom. The molecule has 0 radical (unpaired) electrons. The van der Waals surface area contributed by atoms with E-state index in [1.807, 2.05) is 0 Å². The predicted octanol–water partition coefficient (Wildman–Crippen LogP) is -0.663. The van der Waals surface area contributed by atoms with Crippen molar-refractivity contribution >= 4 is 16.5 Å². The zero-order valence-corrected chi connectivity index (χ0v) is 9.90. The van der Waals surface area contributed by atoms with Crippen LogP contribution < -0.4 is 22.5 Å². The minimum atomic E-state index is -0.354. The number of hydrazine groups is 1. The molecule has 90 valence electrons. The summed E-state index contributed by atoms with van der Waals surface area (Å²) in [5.74, 6) is 5.20. The summed E-state index contributed by atoms with van der Waals surface area (Å²) in [7, 11) is 1.60. The number of aromatic nitrogens is 3. The van der Waals surface area contributed by atoms with Crippen LogP contribution in [0.15, 0.2) is 28.0 Å². The molecule has 2 heterocycles. The van der Waals surface area contributed by atoms with Gasteiger partial charge in [-0.25, -0.2) is 15.6 Å². The molecule has 0 bridgehead atoms. The van der Waals surface area contributed by atoms with Crippen LogP contribution in [-0.4, -0.2) is 14.1 Å². The van der Waals surface area contributed by atoms with Crippen molar-refractivity contribution in [2.75, 3.05) is 5.43 Å². The SMILES string of the molecule is Cn1ccc(=O)n(Cc2cnc(NN)s2)c1=O. The highest BCUT2D eigenvalue weighted by Crippen LogP contribution is 2.16. The zero-order valence-electron chi connectivity index (χ0n) is 9.08. The van der Waals surface area contributed by atoms with Crippen molar-refractivity contribution in [3.63, 3.8) is 0 Å². The number of nitrogens with zero attached hydrogens (tertiary/aromatic N) is 3. The molecule has 0 aliphatic rings. The molecule has 0 unspecified atom stereocenters. The molecule has 2 rings (SSSR count). The Morgan fingerprint density at radius 2 is 2.29 bits per heavy atom. The van der Waals surface area contributed by atoms with E-state index in [2.05, 4.69) is 10.4 Å². The van der Waals surface area contributed by atoms with Crippen molar-refractivity contribution in [1.29, 1.82) is 0 Å². The number of rotatable bonds is 3. The van der Waals surface area contributed by atoms with Crippen LogP contribution in [0.3, 0.4) is 0 Å². The number of nitrogens with one attached hydrogen (secondary N) is 1. The maximum Gasteiger partial charge on any atom is 0.331 e. The summed E-state index contributed by atoms with van der Waals surface area (Å²) in [5.41, 5.74) is 1.73. The van der Waals surface area contributed by atoms with Crippen LogP contribution in [0, 0.1) is 0 Å². The molecule has 0 saturated carbocycles. The first kappa shape index (κ1) is 11.6. The summed E-state index contributed by atoms with van der Waals surface area (Å²) in [6.07, 6.45) is 3.03. The summed E-state index contributed by atoms with van der Waals surface area (Å²) in [6, 6.07) is 1.35. The quantitative estimate of drug-likeness (QED) is 0.559. The Kier molecular flexibility index (Phi) is 3.07. The predicted molar refractivity (Wildman–Crippen MR) is 65.0 cm³/mol. The van der Waals surface area contributed by atoms with Crippen molar-refractivity contribution in [2.45, 2.75) is 6.54 Å². The van der Waals surface area contributed by atoms with Crippen molar-refractivity contribution in [1.82, 2.24) is 14.1 Å². The number of anilines is 1. The van der Waals surface area contributed by atoms with Crippen LogP contribution in [0.5, 0.6) is 0 Å². The maximum atomic E-state index is 11.7. The Hall–Kier alpha value is -1.93. The smallest absolute Gasteiger partial charge is 0.303 e. The van der Waals surface area contributed by atoms with Gasteiger partial charge < -0.3 is 4.57 Å². The lowest BCUT2D eigenvalue weighted by atomic mass is 10.5. The lowest BCUT2D eigenvalue weighted by Gasteiger charge is -2.03. The molecule has 8 heteroatoms. The third-order valence-corrected chi connectivity index (χ3v) is 3.14. The molecule has 3 N–H and O–H groups in total. The zero-order chi connectivity index (χ0) is 12.4. The van der Waals surface area contributed by atoms with Crippen LogP contribution in [0.25, 0.3) is 0 Å². The Bertz CT molecular complexity index is 641. The van der Waals surface area contributed by atoms with E-state index in [4.69, 9.17) is 5.84 Å². The van der Waals surface area contributed by atoms with Crippen LogP contribution in [-0.2, 0) is 13.6 Å². The molecule has 0 atom stereocenters. The molecule has 0 saturated heterocycles. The highest BCUT2D eigenvalue weighted by molar-refractivity contribution is 7.15. The Labute approximate surface area is 100 Å². The first-order chi connectivity index (χ1) is 8.11. The van der Waals surface area contributed by atoms with E-state index < -0.39 is 0 Å². The van der Waals surface area contributed by atoms with Gasteiger partial charge in [0.2, 0.25) is 0 Å². The minimum absolute atomic E-state index is 0.200. The highest BCUT2D eigenvalue weighted by Gasteiger charge is 2.06. The molecule has 2 aromatic heterocycles. The van der Waals surface area contributed by atoms with Gasteiger partial charge in [-0.3, -0.25) is 14.8 Å². The monoisotopic (exact) mass is 253 g/mol. The van der Waals surface area contributed by atoms with Crippen LogP contribution >= 0.6 is 11.3 Å². The normalized spacial score (nSPS) is 10.5. The van der Waals surface area contributed by atoms with E-state index in [9.17, 15) is 9.59 Å². The maximum absolute atomic E-state index is 11.7. The second-order valence-corrected chi connectivity index (χ2v) is 4.52. The van der Waals surface area contributed by atoms with E-state index >= 15 is 0 Å². The van der Waals surface area contributed by atoms with Crippen molar-refractivity contribution in [3.8, 4) is 0 Å². The molecule has 0 aromatic carbocycles. The summed E-state index contributed by atoms with van der Waals surface area (Å²) in [6.45, 7) is 0.200. The summed E-state index contributed by atoms with van der Waals surface area (Å²) >= 11 is 1.30. The van der Waals surface area contributed by atoms with Crippen LogP contribution in [0.2, 0.25) is 0 Å². The Balaban J connectivity index is 2.39. The fourth-order valence-corrected chi connectivity index (χ4v) is 2.07. The van der Waals surface area contributed by atoms with Gasteiger partial charge in [0.05, 0.1) is 6.54 Å². The topological polar surface area (TPSA) is 94.9 Å². The van der Waals surface area contributed by atoms with Gasteiger partial charge in [-0.05, 0) is 0 Å². The van der Waals surface area contributed by atoms with E-state index in [-0.39, 0.29) is 17.8 Å². The molecule has 0 fully saturated rings. The standard InChI is InChI=1S/C9H11N5O2S/c1-13-3-2-7(15)14(9(13)16)5-6-4-11-8(12-10)17-6/h2-4H,5,10H2,1H3,(H,11,12). The first-order valence-electron chi connectivity index (χ1n) is 4.79. The van der Waals surface area contributed by atoms with Gasteiger partial charge in [0.1, 0.15) is 0 Å². The van der Waals surface area contributed by atoms with Gasteiger partial charge in [0, 0.05) is 30.4 Å². The largest absolute Gasteiger partial charge is 0.331 e. The van der Waals surface area contributed by atoms with E-state index in [1.165, 1.54) is 28.2 Å². The fraction of sp³-hybridized carbons (Fsp3) is 0.222. The van der Waals surface area contributed by atoms with Crippen molar-refractivity contribution < 1.29 is 0 Å². The van der Waals surface area contributed by atoms with Gasteiger partial charge in [-0.1, -0.05) is 11.3 Å². The fourth-order valence-electron chi connectivity index (χ4n) is 1.36. The number of aryl methyl sites for hydroxylation is 1. The highest BCUT2D eigenvalue weighted by atomic mass is 32.1. The van der Waals surface area contributed by atoms with Gasteiger partial charge in [-0.15, -0.1) is 0 Å². The number of hydrogen-bond acceptors (Lipinski definition) is 6. The van der Waals surface area contributed by atoms with Crippen molar-refractivity contribution in [2.24, 2.45) is 12.9 Å². The molecule has 2 aromatic rings. The van der Waals surface area contributed by atoms with E-state index in [0.717, 1.165) is 9.44 Å². The van der Waals surface area contributed by atoms with E-state index in [0.29, 0.717) is 5.13 Å². The van der Waals surface area contributed by atoms with E-state index in [1.54, 1.807) is 13.2 Å². The van der Waals surface area contributed by atoms with Crippen LogP contribution in [0.1, 0.15) is 4.88 Å². The number of nitrogen functional groups attached to an aromatic ring is 1. The molecule has 0 amide bonds. The van der Waals surface area contributed by atoms with Gasteiger partial charge in [0.15, 0.2) is 5.13 Å². The average Bonchev–Trinajstić information content (AvgIpc) is 2.77. The molecule has 17 heavy (non-hydrogen) atoms. The van der Waals surface area contributed by atoms with Gasteiger partial charge >= 0.3 is 5.69 Å². The van der Waals surface area contributed by atoms with Crippen molar-refractivity contribution in [3.05, 3.63) is 44.2 Å². The molecule has 0 aliphatic carbocycles. The molecule has 7 nitrogen and oxygen atoms in total. The number of hydrogen-bond donors (Lipinski definition) is 2. The summed E-state index contributed by atoms with van der Waals surface area (Å²) in [4.78, 5) is 28.1. The average molecular weight is 253 g/mol.